The normalized spacial score (nSPS) is 10.8. The molecule has 0 fully saturated rings. The van der Waals surface area contributed by atoms with Gasteiger partial charge in [0.25, 0.3) is 0 Å². The van der Waals surface area contributed by atoms with Crippen LogP contribution in [0.5, 0.6) is 0 Å². The molecule has 0 aromatic heterocycles. The van der Waals surface area contributed by atoms with Crippen LogP contribution in [0.3, 0.4) is 0 Å². The van der Waals surface area contributed by atoms with Crippen LogP contribution in [0.1, 0.15) is 81.1 Å². The molecule has 0 aromatic carbocycles. The molecule has 0 rings (SSSR count). The summed E-state index contributed by atoms with van der Waals surface area (Å²) < 4.78 is 0. The SMILES string of the molecule is CCC[P+](CCC)(CCC)CCC.CC[P+](CC)(CC)CC.C[P+](C)(C)C.[Br-].[Br-].[Br-]. The average molecular weight is 681 g/mol. The van der Waals surface area contributed by atoms with Crippen LogP contribution in [-0.2, 0) is 0 Å². The van der Waals surface area contributed by atoms with E-state index < -0.39 is 14.5 Å². The molecule has 0 aliphatic rings. The summed E-state index contributed by atoms with van der Waals surface area (Å²) in [6.45, 7) is 28.0. The second kappa shape index (κ2) is 28.0. The first-order valence-corrected chi connectivity index (χ1v) is 20.6. The molecule has 0 nitrogen and oxygen atoms in total. The quantitative estimate of drug-likeness (QED) is 0.260. The minimum atomic E-state index is -0.496. The summed E-state index contributed by atoms with van der Waals surface area (Å²) in [5, 5.41) is 0. The Morgan fingerprint density at radius 1 is 0.367 bits per heavy atom. The van der Waals surface area contributed by atoms with Crippen molar-refractivity contribution in [2.75, 3.05) is 76.0 Å². The standard InChI is InChI=1S/C12H28P.C8H20P.C4H12P.3BrH/c1-5-9-13(10-6-2,11-7-3)12-8-4;1-5-9(6-2,7-3)8-4;1-5(2,3)4;;;/h5-12H2,1-4H3;5-8H2,1-4H3;1-4H3;3*1H/q3*+1;;;/p-3. The van der Waals surface area contributed by atoms with E-state index in [2.05, 4.69) is 82.0 Å². The topological polar surface area (TPSA) is 0 Å². The van der Waals surface area contributed by atoms with E-state index >= 15 is 0 Å². The minimum absolute atomic E-state index is 0. The summed E-state index contributed by atoms with van der Waals surface area (Å²) in [5.74, 6) is 0. The van der Waals surface area contributed by atoms with Gasteiger partial charge in [0.1, 0.15) is 0 Å². The van der Waals surface area contributed by atoms with E-state index in [1.165, 1.54) is 50.3 Å². The summed E-state index contributed by atoms with van der Waals surface area (Å²) >= 11 is 0. The predicted octanol–water partition coefficient (Wildman–Crippen LogP) is 0.263. The van der Waals surface area contributed by atoms with Crippen LogP contribution < -0.4 is 50.9 Å². The maximum Gasteiger partial charge on any atom is 0.0591 e. The van der Waals surface area contributed by atoms with E-state index in [-0.39, 0.29) is 58.2 Å². The lowest BCUT2D eigenvalue weighted by atomic mass is 10.5. The first kappa shape index (κ1) is 46.1. The van der Waals surface area contributed by atoms with Crippen molar-refractivity contribution in [3.63, 3.8) is 0 Å². The number of halogens is 3. The molecule has 6 heteroatoms. The highest BCUT2D eigenvalue weighted by Gasteiger charge is 2.32. The van der Waals surface area contributed by atoms with Crippen LogP contribution >= 0.6 is 21.8 Å². The van der Waals surface area contributed by atoms with Gasteiger partial charge in [0, 0.05) is 48.4 Å². The van der Waals surface area contributed by atoms with Crippen molar-refractivity contribution in [3.8, 4) is 0 Å². The molecule has 192 valence electrons. The molecule has 0 N–H and O–H groups in total. The van der Waals surface area contributed by atoms with Gasteiger partial charge in [-0.1, -0.05) is 27.7 Å². The zero-order valence-electron chi connectivity index (χ0n) is 23.0. The largest absolute Gasteiger partial charge is 1.00 e. The van der Waals surface area contributed by atoms with Crippen LogP contribution in [0, 0.1) is 0 Å². The lowest BCUT2D eigenvalue weighted by Gasteiger charge is -2.26. The fraction of sp³-hybridized carbons (Fsp3) is 1.00. The second-order valence-corrected chi connectivity index (χ2v) is 24.6. The molecular weight excluding hydrogens is 621 g/mol. The predicted molar refractivity (Wildman–Crippen MR) is 147 cm³/mol. The highest BCUT2D eigenvalue weighted by Crippen LogP contribution is 2.60. The van der Waals surface area contributed by atoms with Crippen LogP contribution in [0.4, 0.5) is 0 Å². The van der Waals surface area contributed by atoms with Gasteiger partial charge >= 0.3 is 0 Å². The van der Waals surface area contributed by atoms with Crippen molar-refractivity contribution in [2.24, 2.45) is 0 Å². The van der Waals surface area contributed by atoms with Crippen molar-refractivity contribution >= 4 is 21.8 Å². The lowest BCUT2D eigenvalue weighted by molar-refractivity contribution is -0.00100. The van der Waals surface area contributed by atoms with Gasteiger partial charge < -0.3 is 50.9 Å². The van der Waals surface area contributed by atoms with Gasteiger partial charge in [-0.2, -0.15) is 0 Å². The molecule has 30 heavy (non-hydrogen) atoms. The molecule has 0 radical (unpaired) electrons. The highest BCUT2D eigenvalue weighted by molar-refractivity contribution is 7.76. The minimum Gasteiger partial charge on any atom is -1.00 e. The molecule has 0 atom stereocenters. The maximum absolute atomic E-state index is 2.36. The molecule has 0 amide bonds. The fourth-order valence-electron chi connectivity index (χ4n) is 3.91. The van der Waals surface area contributed by atoms with Gasteiger partial charge in [0.15, 0.2) is 0 Å². The summed E-state index contributed by atoms with van der Waals surface area (Å²) in [5.41, 5.74) is 0. The molecule has 0 bridgehead atoms. The second-order valence-electron chi connectivity index (χ2n) is 9.53. The first-order chi connectivity index (χ1) is 12.5. The van der Waals surface area contributed by atoms with Crippen molar-refractivity contribution in [3.05, 3.63) is 0 Å². The first-order valence-electron chi connectivity index (χ1n) is 12.0. The number of hydrogen-bond acceptors (Lipinski definition) is 0. The lowest BCUT2D eigenvalue weighted by Crippen LogP contribution is -3.00. The molecule has 0 unspecified atom stereocenters. The van der Waals surface area contributed by atoms with Gasteiger partial charge in [-0.25, -0.2) is 0 Å². The molecule has 0 aromatic rings. The van der Waals surface area contributed by atoms with Crippen LogP contribution in [0.25, 0.3) is 0 Å². The van der Waals surface area contributed by atoms with Crippen LogP contribution in [0.15, 0.2) is 0 Å². The van der Waals surface area contributed by atoms with E-state index in [4.69, 9.17) is 0 Å². The van der Waals surface area contributed by atoms with E-state index in [1.54, 1.807) is 24.6 Å². The maximum atomic E-state index is 2.36. The number of hydrogen-bond donors (Lipinski definition) is 0. The molecule has 0 saturated heterocycles. The Hall–Kier alpha value is 2.73. The van der Waals surface area contributed by atoms with E-state index in [1.807, 2.05) is 0 Å². The summed E-state index contributed by atoms with van der Waals surface area (Å²) in [6.07, 6.45) is 17.7. The number of rotatable bonds is 12. The van der Waals surface area contributed by atoms with Crippen molar-refractivity contribution in [2.45, 2.75) is 81.1 Å². The fourth-order valence-corrected chi connectivity index (χ4v) is 11.7. The molecule has 0 spiro atoms. The molecular formula is C24H60Br3P3. The van der Waals surface area contributed by atoms with Gasteiger partial charge in [-0.15, -0.1) is 0 Å². The Bertz CT molecular complexity index is 252. The van der Waals surface area contributed by atoms with Crippen LogP contribution in [0.2, 0.25) is 0 Å². The third-order valence-corrected chi connectivity index (χ3v) is 16.4. The van der Waals surface area contributed by atoms with E-state index in [9.17, 15) is 0 Å². The van der Waals surface area contributed by atoms with Crippen molar-refractivity contribution in [1.29, 1.82) is 0 Å². The van der Waals surface area contributed by atoms with Gasteiger partial charge in [0.05, 0.1) is 49.3 Å². The Kier molecular flexibility index (Phi) is 43.0. The third-order valence-electron chi connectivity index (χ3n) is 5.48. The third kappa shape index (κ3) is 28.8. The van der Waals surface area contributed by atoms with E-state index in [0.29, 0.717) is 0 Å². The highest BCUT2D eigenvalue weighted by atomic mass is 79.9. The zero-order chi connectivity index (χ0) is 22.0. The Morgan fingerprint density at radius 3 is 0.600 bits per heavy atom. The smallest absolute Gasteiger partial charge is 0.0591 e. The average Bonchev–Trinajstić information content (AvgIpc) is 2.58. The Labute approximate surface area is 228 Å². The Balaban J connectivity index is -0.0000000748. The molecule has 0 aliphatic carbocycles. The van der Waals surface area contributed by atoms with Gasteiger partial charge in [-0.05, 0) is 53.4 Å². The van der Waals surface area contributed by atoms with Crippen molar-refractivity contribution < 1.29 is 50.9 Å². The molecule has 0 aliphatic heterocycles. The van der Waals surface area contributed by atoms with Crippen molar-refractivity contribution in [1.82, 2.24) is 0 Å². The van der Waals surface area contributed by atoms with E-state index in [0.717, 1.165) is 0 Å². The molecule has 0 heterocycles. The zero-order valence-corrected chi connectivity index (χ0v) is 30.4. The van der Waals surface area contributed by atoms with Gasteiger partial charge in [0.2, 0.25) is 0 Å². The summed E-state index contributed by atoms with van der Waals surface area (Å²) in [6, 6.07) is 0. The van der Waals surface area contributed by atoms with Crippen LogP contribution in [-0.4, -0.2) is 76.0 Å². The van der Waals surface area contributed by atoms with Gasteiger partial charge in [-0.3, -0.25) is 0 Å². The summed E-state index contributed by atoms with van der Waals surface area (Å²) in [4.78, 5) is 0. The molecule has 0 saturated carbocycles. The monoisotopic (exact) mass is 678 g/mol. The summed E-state index contributed by atoms with van der Waals surface area (Å²) in [7, 11) is -1.30. The Morgan fingerprint density at radius 2 is 0.533 bits per heavy atom.